The van der Waals surface area contributed by atoms with Crippen LogP contribution >= 0.6 is 12.2 Å². The summed E-state index contributed by atoms with van der Waals surface area (Å²) >= 11 is 5.26. The average molecular weight is 413 g/mol. The Hall–Kier alpha value is -2.44. The molecule has 2 N–H and O–H groups in total. The number of anilines is 1. The monoisotopic (exact) mass is 412 g/mol. The third kappa shape index (κ3) is 6.27. The molecule has 0 aliphatic carbocycles. The molecule has 1 amide bonds. The van der Waals surface area contributed by atoms with E-state index in [4.69, 9.17) is 21.7 Å². The second-order valence-electron chi connectivity index (χ2n) is 8.21. The third-order valence-corrected chi connectivity index (χ3v) is 5.02. The molecule has 3 rings (SSSR count). The van der Waals surface area contributed by atoms with E-state index in [-0.39, 0.29) is 22.5 Å². The minimum Gasteiger partial charge on any atom is -0.491 e. The van der Waals surface area contributed by atoms with Crippen molar-refractivity contribution in [3.63, 3.8) is 0 Å². The summed E-state index contributed by atoms with van der Waals surface area (Å²) in [4.78, 5) is 12.4. The van der Waals surface area contributed by atoms with Gasteiger partial charge in [0.15, 0.2) is 5.11 Å². The molecule has 0 radical (unpaired) electrons. The van der Waals surface area contributed by atoms with E-state index in [0.717, 1.165) is 30.9 Å². The highest BCUT2D eigenvalue weighted by Crippen LogP contribution is 2.22. The molecular formula is C23H28N2O3S. The van der Waals surface area contributed by atoms with Gasteiger partial charge >= 0.3 is 0 Å². The highest BCUT2D eigenvalue weighted by Gasteiger charge is 2.16. The fourth-order valence-corrected chi connectivity index (χ4v) is 3.27. The molecular weight excluding hydrogens is 384 g/mol. The number of carbonyl (C=O) groups is 1. The van der Waals surface area contributed by atoms with Crippen LogP contribution in [-0.2, 0) is 10.2 Å². The molecule has 0 unspecified atom stereocenters. The zero-order valence-electron chi connectivity index (χ0n) is 17.2. The van der Waals surface area contributed by atoms with Gasteiger partial charge in [-0.2, -0.15) is 0 Å². The van der Waals surface area contributed by atoms with E-state index in [9.17, 15) is 4.79 Å². The first-order valence-corrected chi connectivity index (χ1v) is 10.3. The number of hydrogen-bond donors (Lipinski definition) is 2. The van der Waals surface area contributed by atoms with E-state index in [0.29, 0.717) is 12.2 Å². The van der Waals surface area contributed by atoms with Crippen LogP contribution in [-0.4, -0.2) is 30.3 Å². The van der Waals surface area contributed by atoms with Crippen molar-refractivity contribution in [1.82, 2.24) is 5.32 Å². The Labute approximate surface area is 177 Å². The van der Waals surface area contributed by atoms with Crippen molar-refractivity contribution in [2.45, 2.75) is 45.1 Å². The van der Waals surface area contributed by atoms with E-state index in [1.807, 2.05) is 48.5 Å². The Bertz CT molecular complexity index is 836. The zero-order valence-corrected chi connectivity index (χ0v) is 18.0. The van der Waals surface area contributed by atoms with Crippen molar-refractivity contribution in [2.75, 3.05) is 18.5 Å². The van der Waals surface area contributed by atoms with Crippen LogP contribution in [0.15, 0.2) is 48.5 Å². The van der Waals surface area contributed by atoms with Crippen molar-refractivity contribution >= 4 is 28.9 Å². The first kappa shape index (κ1) is 21.3. The molecule has 5 nitrogen and oxygen atoms in total. The molecule has 2 aromatic carbocycles. The van der Waals surface area contributed by atoms with Crippen molar-refractivity contribution in [3.05, 3.63) is 59.7 Å². The van der Waals surface area contributed by atoms with E-state index in [2.05, 4.69) is 31.4 Å². The van der Waals surface area contributed by atoms with E-state index >= 15 is 0 Å². The second-order valence-corrected chi connectivity index (χ2v) is 8.61. The number of benzene rings is 2. The van der Waals surface area contributed by atoms with Gasteiger partial charge in [-0.25, -0.2) is 0 Å². The van der Waals surface area contributed by atoms with E-state index in [1.54, 1.807) is 0 Å². The topological polar surface area (TPSA) is 59.6 Å². The Balaban J connectivity index is 1.48. The van der Waals surface area contributed by atoms with Gasteiger partial charge in [-0.05, 0) is 72.4 Å². The molecule has 1 fully saturated rings. The summed E-state index contributed by atoms with van der Waals surface area (Å²) in [7, 11) is 0. The van der Waals surface area contributed by atoms with Gasteiger partial charge in [0.25, 0.3) is 5.91 Å². The molecule has 1 heterocycles. The molecule has 1 aliphatic heterocycles. The van der Waals surface area contributed by atoms with Gasteiger partial charge in [0.05, 0.1) is 6.10 Å². The summed E-state index contributed by atoms with van der Waals surface area (Å²) in [6, 6.07) is 15.0. The second kappa shape index (κ2) is 9.37. The average Bonchev–Trinajstić information content (AvgIpc) is 3.20. The molecule has 154 valence electrons. The van der Waals surface area contributed by atoms with E-state index < -0.39 is 0 Å². The van der Waals surface area contributed by atoms with Gasteiger partial charge in [-0.3, -0.25) is 10.1 Å². The Morgan fingerprint density at radius 2 is 1.83 bits per heavy atom. The fourth-order valence-electron chi connectivity index (χ4n) is 3.06. The number of thiocarbonyl (C=S) groups is 1. The maximum Gasteiger partial charge on any atom is 0.257 e. The minimum absolute atomic E-state index is 0.0475. The van der Waals surface area contributed by atoms with Crippen molar-refractivity contribution in [1.29, 1.82) is 0 Å². The van der Waals surface area contributed by atoms with Crippen LogP contribution in [0.25, 0.3) is 0 Å². The molecule has 1 saturated heterocycles. The molecule has 1 atom stereocenters. The number of carbonyl (C=O) groups excluding carboxylic acids is 1. The molecule has 0 aromatic heterocycles. The predicted molar refractivity (Wildman–Crippen MR) is 120 cm³/mol. The van der Waals surface area contributed by atoms with Crippen molar-refractivity contribution in [3.8, 4) is 5.75 Å². The number of amides is 1. The van der Waals surface area contributed by atoms with Crippen LogP contribution in [0.3, 0.4) is 0 Å². The lowest BCUT2D eigenvalue weighted by atomic mass is 9.87. The van der Waals surface area contributed by atoms with Gasteiger partial charge in [-0.15, -0.1) is 0 Å². The first-order chi connectivity index (χ1) is 13.8. The Morgan fingerprint density at radius 3 is 2.41 bits per heavy atom. The molecule has 6 heteroatoms. The largest absolute Gasteiger partial charge is 0.491 e. The number of rotatable bonds is 5. The predicted octanol–water partition coefficient (Wildman–Crippen LogP) is 4.67. The maximum absolute atomic E-state index is 12.4. The SMILES string of the molecule is CC(C)(C)c1ccc(C(=O)NC(=S)Nc2ccc(OC[C@@H]3CCCO3)cc2)cc1. The number of nitrogens with one attached hydrogen (secondary N) is 2. The number of ether oxygens (including phenoxy) is 2. The van der Waals surface area contributed by atoms with Crippen molar-refractivity contribution < 1.29 is 14.3 Å². The van der Waals surface area contributed by atoms with Gasteiger partial charge in [0.1, 0.15) is 12.4 Å². The minimum atomic E-state index is -0.237. The first-order valence-electron chi connectivity index (χ1n) is 9.88. The lowest BCUT2D eigenvalue weighted by molar-refractivity contribution is 0.0679. The van der Waals surface area contributed by atoms with Gasteiger partial charge in [0, 0.05) is 17.9 Å². The quantitative estimate of drug-likeness (QED) is 0.699. The van der Waals surface area contributed by atoms with Crippen LogP contribution in [0.2, 0.25) is 0 Å². The summed E-state index contributed by atoms with van der Waals surface area (Å²) in [5.74, 6) is 0.541. The highest BCUT2D eigenvalue weighted by molar-refractivity contribution is 7.80. The molecule has 0 spiro atoms. The van der Waals surface area contributed by atoms with Crippen LogP contribution in [0.1, 0.15) is 49.5 Å². The van der Waals surface area contributed by atoms with Gasteiger partial charge in [0.2, 0.25) is 0 Å². The maximum atomic E-state index is 12.4. The number of hydrogen-bond acceptors (Lipinski definition) is 4. The van der Waals surface area contributed by atoms with Crippen molar-refractivity contribution in [2.24, 2.45) is 0 Å². The third-order valence-electron chi connectivity index (χ3n) is 4.81. The fraction of sp³-hybridized carbons (Fsp3) is 0.391. The smallest absolute Gasteiger partial charge is 0.257 e. The molecule has 1 aliphatic rings. The zero-order chi connectivity index (χ0) is 20.9. The Morgan fingerprint density at radius 1 is 1.14 bits per heavy atom. The molecule has 0 bridgehead atoms. The molecule has 29 heavy (non-hydrogen) atoms. The molecule has 0 saturated carbocycles. The van der Waals surface area contributed by atoms with Crippen LogP contribution < -0.4 is 15.4 Å². The van der Waals surface area contributed by atoms with Crippen LogP contribution in [0.5, 0.6) is 5.75 Å². The highest BCUT2D eigenvalue weighted by atomic mass is 32.1. The van der Waals surface area contributed by atoms with Gasteiger partial charge in [-0.1, -0.05) is 32.9 Å². The van der Waals surface area contributed by atoms with Gasteiger partial charge < -0.3 is 14.8 Å². The summed E-state index contributed by atoms with van der Waals surface area (Å²) < 4.78 is 11.3. The lowest BCUT2D eigenvalue weighted by Crippen LogP contribution is -2.34. The summed E-state index contributed by atoms with van der Waals surface area (Å²) in [6.07, 6.45) is 2.33. The Kier molecular flexibility index (Phi) is 6.87. The summed E-state index contributed by atoms with van der Waals surface area (Å²) in [5.41, 5.74) is 2.57. The normalized spacial score (nSPS) is 16.3. The van der Waals surface area contributed by atoms with Crippen LogP contribution in [0.4, 0.5) is 5.69 Å². The molecule has 2 aromatic rings. The van der Waals surface area contributed by atoms with Crippen LogP contribution in [0, 0.1) is 0 Å². The lowest BCUT2D eigenvalue weighted by Gasteiger charge is -2.19. The summed E-state index contributed by atoms with van der Waals surface area (Å²) in [6.45, 7) is 7.80. The standard InChI is InChI=1S/C23H28N2O3S/c1-23(2,3)17-8-6-16(7-9-17)21(26)25-22(29)24-18-10-12-19(13-11-18)28-15-20-5-4-14-27-20/h6-13,20H,4-5,14-15H2,1-3H3,(H2,24,25,26,29)/t20-/m0/s1. The summed E-state index contributed by atoms with van der Waals surface area (Å²) in [5, 5.41) is 5.99. The van der Waals surface area contributed by atoms with E-state index in [1.165, 1.54) is 5.56 Å².